The first kappa shape index (κ1) is 38.3. The lowest BCUT2D eigenvalue weighted by molar-refractivity contribution is 0.660. The van der Waals surface area contributed by atoms with Crippen LogP contribution in [-0.2, 0) is 5.41 Å². The van der Waals surface area contributed by atoms with Gasteiger partial charge in [0.2, 0.25) is 0 Å². The standard InChI is InChI=1S/C61H48N2/c1-41(42(2)49-36-37-57(52-33-21-20-32-50(49)52)62(46-26-14-7-15-27-46)47-28-16-8-17-29-47)45-34-35-51-53-39-54-58(40-56(53)61(3,4)55(51)38-45)63(48-30-18-9-19-31-48)60(44-24-12-6-13-25-44)59(54)43-22-10-5-11-23-43/h5-40H,1-4H3/b42-41+. The Labute approximate surface area is 370 Å². The second-order valence-electron chi connectivity index (χ2n) is 17.4. The number of para-hydroxylation sites is 3. The van der Waals surface area contributed by atoms with Crippen LogP contribution in [0.1, 0.15) is 49.9 Å². The van der Waals surface area contributed by atoms with Crippen molar-refractivity contribution in [3.05, 3.63) is 241 Å². The minimum atomic E-state index is -0.221. The first-order valence-corrected chi connectivity index (χ1v) is 22.0. The molecule has 1 heterocycles. The number of hydrogen-bond acceptors (Lipinski definition) is 1. The largest absolute Gasteiger partial charge is 0.310 e. The number of anilines is 3. The molecule has 0 radical (unpaired) electrons. The van der Waals surface area contributed by atoms with Gasteiger partial charge < -0.3 is 9.47 Å². The van der Waals surface area contributed by atoms with Gasteiger partial charge in [-0.15, -0.1) is 0 Å². The Morgan fingerprint density at radius 1 is 0.444 bits per heavy atom. The van der Waals surface area contributed by atoms with Gasteiger partial charge in [0.25, 0.3) is 0 Å². The van der Waals surface area contributed by atoms with Crippen molar-refractivity contribution in [1.82, 2.24) is 4.57 Å². The van der Waals surface area contributed by atoms with Crippen molar-refractivity contribution in [2.24, 2.45) is 0 Å². The Hall–Kier alpha value is -7.68. The van der Waals surface area contributed by atoms with Crippen LogP contribution in [0.5, 0.6) is 0 Å². The van der Waals surface area contributed by atoms with Gasteiger partial charge in [-0.3, -0.25) is 0 Å². The van der Waals surface area contributed by atoms with Gasteiger partial charge in [-0.2, -0.15) is 0 Å². The summed E-state index contributed by atoms with van der Waals surface area (Å²) in [4.78, 5) is 2.37. The maximum absolute atomic E-state index is 2.49. The molecule has 302 valence electrons. The maximum Gasteiger partial charge on any atom is 0.0619 e. The van der Waals surface area contributed by atoms with Gasteiger partial charge in [-0.25, -0.2) is 0 Å². The number of rotatable bonds is 8. The molecule has 0 N–H and O–H groups in total. The van der Waals surface area contributed by atoms with E-state index in [9.17, 15) is 0 Å². The first-order valence-electron chi connectivity index (χ1n) is 22.0. The summed E-state index contributed by atoms with van der Waals surface area (Å²) in [6, 6.07) is 79.7. The van der Waals surface area contributed by atoms with Gasteiger partial charge in [-0.05, 0) is 136 Å². The Morgan fingerprint density at radius 3 is 1.62 bits per heavy atom. The topological polar surface area (TPSA) is 8.17 Å². The quantitative estimate of drug-likeness (QED) is 0.139. The molecule has 2 heteroatoms. The van der Waals surface area contributed by atoms with Crippen molar-refractivity contribution in [2.75, 3.05) is 4.90 Å². The summed E-state index contributed by atoms with van der Waals surface area (Å²) in [7, 11) is 0. The fourth-order valence-electron chi connectivity index (χ4n) is 10.2. The zero-order valence-corrected chi connectivity index (χ0v) is 36.2. The second-order valence-corrected chi connectivity index (χ2v) is 17.4. The van der Waals surface area contributed by atoms with E-state index in [1.165, 1.54) is 88.6 Å². The summed E-state index contributed by atoms with van der Waals surface area (Å²) in [5.41, 5.74) is 20.9. The molecule has 0 spiro atoms. The lowest BCUT2D eigenvalue weighted by Gasteiger charge is -2.27. The van der Waals surface area contributed by atoms with Gasteiger partial charge >= 0.3 is 0 Å². The van der Waals surface area contributed by atoms with E-state index in [0.717, 1.165) is 22.7 Å². The van der Waals surface area contributed by atoms with Crippen molar-refractivity contribution in [3.63, 3.8) is 0 Å². The summed E-state index contributed by atoms with van der Waals surface area (Å²) in [6.45, 7) is 9.40. The summed E-state index contributed by atoms with van der Waals surface area (Å²) in [5.74, 6) is 0. The Kier molecular flexibility index (Phi) is 9.32. The average Bonchev–Trinajstić information content (AvgIpc) is 3.79. The van der Waals surface area contributed by atoms with E-state index in [4.69, 9.17) is 0 Å². The molecule has 11 rings (SSSR count). The number of hydrogen-bond donors (Lipinski definition) is 0. The fraction of sp³-hybridized carbons (Fsp3) is 0.0820. The predicted molar refractivity (Wildman–Crippen MR) is 269 cm³/mol. The molecular weight excluding hydrogens is 761 g/mol. The van der Waals surface area contributed by atoms with Crippen LogP contribution in [0.15, 0.2) is 218 Å². The molecule has 0 aliphatic heterocycles. The average molecular weight is 809 g/mol. The van der Waals surface area contributed by atoms with Crippen molar-refractivity contribution in [1.29, 1.82) is 0 Å². The van der Waals surface area contributed by atoms with Crippen molar-refractivity contribution >= 4 is 49.9 Å². The minimum Gasteiger partial charge on any atom is -0.310 e. The van der Waals surface area contributed by atoms with Gasteiger partial charge in [0.15, 0.2) is 0 Å². The van der Waals surface area contributed by atoms with Gasteiger partial charge in [0.1, 0.15) is 0 Å². The number of fused-ring (bicyclic) bond motifs is 5. The van der Waals surface area contributed by atoms with Crippen LogP contribution in [0.2, 0.25) is 0 Å². The second kappa shape index (κ2) is 15.3. The van der Waals surface area contributed by atoms with Crippen molar-refractivity contribution in [2.45, 2.75) is 33.1 Å². The van der Waals surface area contributed by atoms with E-state index in [2.05, 4.69) is 256 Å². The van der Waals surface area contributed by atoms with Crippen LogP contribution in [-0.4, -0.2) is 4.57 Å². The number of allylic oxidation sites excluding steroid dienone is 2. The van der Waals surface area contributed by atoms with Crippen LogP contribution < -0.4 is 4.90 Å². The molecule has 0 atom stereocenters. The zero-order chi connectivity index (χ0) is 42.7. The van der Waals surface area contributed by atoms with Crippen molar-refractivity contribution in [3.8, 4) is 39.2 Å². The van der Waals surface area contributed by atoms with Gasteiger partial charge in [-0.1, -0.05) is 172 Å². The molecule has 0 unspecified atom stereocenters. The molecule has 0 saturated carbocycles. The summed E-state index contributed by atoms with van der Waals surface area (Å²) < 4.78 is 2.49. The number of benzene rings is 9. The molecule has 2 nitrogen and oxygen atoms in total. The highest BCUT2D eigenvalue weighted by atomic mass is 15.1. The summed E-state index contributed by atoms with van der Waals surface area (Å²) in [6.07, 6.45) is 0. The van der Waals surface area contributed by atoms with Crippen LogP contribution in [0.25, 0.3) is 72.0 Å². The Balaban J connectivity index is 1.06. The summed E-state index contributed by atoms with van der Waals surface area (Å²) in [5, 5.41) is 3.72. The molecule has 0 fully saturated rings. The zero-order valence-electron chi connectivity index (χ0n) is 36.2. The predicted octanol–water partition coefficient (Wildman–Crippen LogP) is 16.8. The van der Waals surface area contributed by atoms with Crippen LogP contribution in [0.4, 0.5) is 17.1 Å². The first-order chi connectivity index (χ1) is 30.9. The van der Waals surface area contributed by atoms with Crippen LogP contribution in [0.3, 0.4) is 0 Å². The molecule has 1 aliphatic rings. The highest BCUT2D eigenvalue weighted by molar-refractivity contribution is 6.10. The molecule has 1 aromatic heterocycles. The smallest absolute Gasteiger partial charge is 0.0619 e. The van der Waals surface area contributed by atoms with E-state index in [-0.39, 0.29) is 5.41 Å². The van der Waals surface area contributed by atoms with E-state index >= 15 is 0 Å². The van der Waals surface area contributed by atoms with Crippen LogP contribution >= 0.6 is 0 Å². The third-order valence-electron chi connectivity index (χ3n) is 13.5. The van der Waals surface area contributed by atoms with Crippen LogP contribution in [0, 0.1) is 0 Å². The molecule has 1 aliphatic carbocycles. The number of nitrogens with zero attached hydrogens (tertiary/aromatic N) is 2. The fourth-order valence-corrected chi connectivity index (χ4v) is 10.2. The highest BCUT2D eigenvalue weighted by Gasteiger charge is 2.37. The van der Waals surface area contributed by atoms with E-state index in [1.807, 2.05) is 0 Å². The van der Waals surface area contributed by atoms with Gasteiger partial charge in [0, 0.05) is 38.8 Å². The lowest BCUT2D eigenvalue weighted by atomic mass is 9.81. The Bertz CT molecular complexity index is 3300. The molecule has 0 saturated heterocycles. The summed E-state index contributed by atoms with van der Waals surface area (Å²) >= 11 is 0. The lowest BCUT2D eigenvalue weighted by Crippen LogP contribution is -2.15. The normalized spacial score (nSPS) is 13.1. The monoisotopic (exact) mass is 808 g/mol. The molecule has 0 amide bonds. The molecule has 63 heavy (non-hydrogen) atoms. The number of aromatic nitrogens is 1. The molecular formula is C61H48N2. The van der Waals surface area contributed by atoms with E-state index < -0.39 is 0 Å². The molecule has 9 aromatic carbocycles. The highest BCUT2D eigenvalue weighted by Crippen LogP contribution is 2.53. The Morgan fingerprint density at radius 2 is 0.984 bits per heavy atom. The molecule has 0 bridgehead atoms. The SMILES string of the molecule is C/C(=C(/C)c1ccc(N(c2ccccc2)c2ccccc2)c2ccccc12)c1ccc2c(c1)C(C)(C)c1cc3c(cc1-2)c(-c1ccccc1)c(-c1ccccc1)n3-c1ccccc1. The van der Waals surface area contributed by atoms with Crippen molar-refractivity contribution < 1.29 is 0 Å². The maximum atomic E-state index is 2.49. The van der Waals surface area contributed by atoms with E-state index in [0.29, 0.717) is 0 Å². The van der Waals surface area contributed by atoms with Gasteiger partial charge in [0.05, 0.1) is 16.9 Å². The van der Waals surface area contributed by atoms with E-state index in [1.54, 1.807) is 0 Å². The molecule has 10 aromatic rings. The third-order valence-corrected chi connectivity index (χ3v) is 13.5. The minimum absolute atomic E-state index is 0.221. The third kappa shape index (κ3) is 6.33.